The highest BCUT2D eigenvalue weighted by molar-refractivity contribution is 5.22. The van der Waals surface area contributed by atoms with E-state index in [4.69, 9.17) is 0 Å². The molecule has 0 unspecified atom stereocenters. The molecule has 1 aromatic heterocycles. The molecule has 0 radical (unpaired) electrons. The van der Waals surface area contributed by atoms with Crippen molar-refractivity contribution in [3.63, 3.8) is 0 Å². The Morgan fingerprint density at radius 2 is 2.08 bits per heavy atom. The predicted octanol–water partition coefficient (Wildman–Crippen LogP) is 0.773. The van der Waals surface area contributed by atoms with E-state index >= 15 is 0 Å². The standard InChI is InChI=1S/C8H12N2O2/c1-8(2,3)6-7(12)10-5(11)4-9-6/h4H,1-3H3,(H2,10,11,12). The maximum absolute atomic E-state index is 10.7. The van der Waals surface area contributed by atoms with E-state index in [-0.39, 0.29) is 16.9 Å². The molecule has 1 rings (SSSR count). The third-order valence-electron chi connectivity index (χ3n) is 1.49. The molecule has 0 aliphatic heterocycles. The monoisotopic (exact) mass is 168 g/mol. The maximum Gasteiger partial charge on any atom is 0.269 e. The van der Waals surface area contributed by atoms with Gasteiger partial charge in [-0.15, -0.1) is 0 Å². The molecule has 0 atom stereocenters. The largest absolute Gasteiger partial charge is 0.493 e. The van der Waals surface area contributed by atoms with Gasteiger partial charge in [-0.2, -0.15) is 0 Å². The fourth-order valence-corrected chi connectivity index (χ4v) is 0.941. The van der Waals surface area contributed by atoms with Gasteiger partial charge >= 0.3 is 0 Å². The van der Waals surface area contributed by atoms with Gasteiger partial charge in [0.05, 0.1) is 6.20 Å². The minimum Gasteiger partial charge on any atom is -0.493 e. The van der Waals surface area contributed by atoms with E-state index in [2.05, 4.69) is 9.97 Å². The van der Waals surface area contributed by atoms with E-state index in [0.717, 1.165) is 0 Å². The summed E-state index contributed by atoms with van der Waals surface area (Å²) in [7, 11) is 0. The summed E-state index contributed by atoms with van der Waals surface area (Å²) in [6.45, 7) is 5.73. The number of hydrogen-bond donors (Lipinski definition) is 2. The Hall–Kier alpha value is -1.32. The van der Waals surface area contributed by atoms with Crippen molar-refractivity contribution in [2.24, 2.45) is 0 Å². The van der Waals surface area contributed by atoms with Gasteiger partial charge in [-0.3, -0.25) is 9.78 Å². The topological polar surface area (TPSA) is 66.0 Å². The van der Waals surface area contributed by atoms with Crippen LogP contribution in [0.4, 0.5) is 0 Å². The van der Waals surface area contributed by atoms with Crippen LogP contribution < -0.4 is 5.56 Å². The Morgan fingerprint density at radius 1 is 1.50 bits per heavy atom. The molecule has 0 aliphatic carbocycles. The lowest BCUT2D eigenvalue weighted by Gasteiger charge is -2.17. The summed E-state index contributed by atoms with van der Waals surface area (Å²) < 4.78 is 0. The van der Waals surface area contributed by atoms with E-state index in [9.17, 15) is 9.90 Å². The van der Waals surface area contributed by atoms with Crippen molar-refractivity contribution < 1.29 is 5.11 Å². The van der Waals surface area contributed by atoms with Crippen LogP contribution in [0.1, 0.15) is 26.5 Å². The number of rotatable bonds is 0. The number of aromatic amines is 1. The van der Waals surface area contributed by atoms with E-state index in [1.54, 1.807) is 0 Å². The third-order valence-corrected chi connectivity index (χ3v) is 1.49. The summed E-state index contributed by atoms with van der Waals surface area (Å²) >= 11 is 0. The molecule has 0 aliphatic rings. The second-order valence-electron chi connectivity index (χ2n) is 3.69. The van der Waals surface area contributed by atoms with Crippen LogP contribution in [-0.4, -0.2) is 15.1 Å². The number of aromatic hydroxyl groups is 1. The van der Waals surface area contributed by atoms with Crippen molar-refractivity contribution in [2.75, 3.05) is 0 Å². The summed E-state index contributed by atoms with van der Waals surface area (Å²) in [5, 5.41) is 9.31. The van der Waals surface area contributed by atoms with Crippen LogP contribution in [0.2, 0.25) is 0 Å². The first-order valence-electron chi connectivity index (χ1n) is 3.70. The highest BCUT2D eigenvalue weighted by atomic mass is 16.3. The molecule has 4 nitrogen and oxygen atoms in total. The van der Waals surface area contributed by atoms with Gasteiger partial charge in [0.2, 0.25) is 5.88 Å². The number of hydrogen-bond acceptors (Lipinski definition) is 3. The van der Waals surface area contributed by atoms with Crippen molar-refractivity contribution in [2.45, 2.75) is 26.2 Å². The zero-order valence-corrected chi connectivity index (χ0v) is 7.38. The van der Waals surface area contributed by atoms with Gasteiger partial charge in [-0.25, -0.2) is 4.98 Å². The fraction of sp³-hybridized carbons (Fsp3) is 0.500. The minimum atomic E-state index is -0.388. The van der Waals surface area contributed by atoms with E-state index in [0.29, 0.717) is 5.69 Å². The van der Waals surface area contributed by atoms with Gasteiger partial charge in [-0.05, 0) is 0 Å². The molecule has 0 fully saturated rings. The zero-order valence-electron chi connectivity index (χ0n) is 7.38. The first-order valence-corrected chi connectivity index (χ1v) is 3.70. The average molecular weight is 168 g/mol. The summed E-state index contributed by atoms with van der Waals surface area (Å²) in [5.74, 6) is -0.144. The lowest BCUT2D eigenvalue weighted by atomic mass is 9.92. The van der Waals surface area contributed by atoms with Crippen molar-refractivity contribution in [1.29, 1.82) is 0 Å². The molecule has 1 aromatic rings. The first-order chi connectivity index (χ1) is 5.41. The molecular formula is C8H12N2O2. The van der Waals surface area contributed by atoms with Crippen molar-refractivity contribution in [1.82, 2.24) is 9.97 Å². The number of nitrogens with zero attached hydrogens (tertiary/aromatic N) is 1. The van der Waals surface area contributed by atoms with Crippen LogP contribution in [0.3, 0.4) is 0 Å². The van der Waals surface area contributed by atoms with Crippen molar-refractivity contribution in [3.05, 3.63) is 22.2 Å². The Labute approximate surface area is 70.3 Å². The van der Waals surface area contributed by atoms with Gasteiger partial charge in [-0.1, -0.05) is 20.8 Å². The number of H-pyrrole nitrogens is 1. The summed E-state index contributed by atoms with van der Waals surface area (Å²) in [6.07, 6.45) is 1.17. The molecule has 1 heterocycles. The Bertz CT molecular complexity index is 336. The van der Waals surface area contributed by atoms with Crippen LogP contribution in [0, 0.1) is 0 Å². The first kappa shape index (κ1) is 8.77. The minimum absolute atomic E-state index is 0.144. The van der Waals surface area contributed by atoms with Crippen LogP contribution in [0.15, 0.2) is 11.0 Å². The van der Waals surface area contributed by atoms with E-state index < -0.39 is 0 Å². The Morgan fingerprint density at radius 3 is 2.50 bits per heavy atom. The zero-order chi connectivity index (χ0) is 9.35. The van der Waals surface area contributed by atoms with Crippen LogP contribution >= 0.6 is 0 Å². The molecule has 0 aromatic carbocycles. The maximum atomic E-state index is 10.7. The predicted molar refractivity (Wildman–Crippen MR) is 45.2 cm³/mol. The fourth-order valence-electron chi connectivity index (χ4n) is 0.941. The molecule has 0 amide bonds. The van der Waals surface area contributed by atoms with Crippen molar-refractivity contribution >= 4 is 0 Å². The summed E-state index contributed by atoms with van der Waals surface area (Å²) in [5.41, 5.74) is -0.142. The van der Waals surface area contributed by atoms with Gasteiger partial charge in [0.15, 0.2) is 0 Å². The Kier molecular flexibility index (Phi) is 1.92. The molecule has 12 heavy (non-hydrogen) atoms. The molecule has 66 valence electrons. The average Bonchev–Trinajstić information content (AvgIpc) is 1.83. The highest BCUT2D eigenvalue weighted by Gasteiger charge is 2.19. The molecule has 2 N–H and O–H groups in total. The molecule has 0 spiro atoms. The lowest BCUT2D eigenvalue weighted by Crippen LogP contribution is -2.18. The normalized spacial score (nSPS) is 11.6. The molecular weight excluding hydrogens is 156 g/mol. The molecule has 0 saturated carbocycles. The molecule has 0 saturated heterocycles. The van der Waals surface area contributed by atoms with Gasteiger partial charge in [0, 0.05) is 5.41 Å². The van der Waals surface area contributed by atoms with Crippen LogP contribution in [0.25, 0.3) is 0 Å². The molecule has 4 heteroatoms. The second kappa shape index (κ2) is 2.62. The van der Waals surface area contributed by atoms with Gasteiger partial charge in [0.25, 0.3) is 5.56 Å². The second-order valence-corrected chi connectivity index (χ2v) is 3.69. The highest BCUT2D eigenvalue weighted by Crippen LogP contribution is 2.24. The number of aromatic nitrogens is 2. The lowest BCUT2D eigenvalue weighted by molar-refractivity contribution is 0.415. The van der Waals surface area contributed by atoms with Gasteiger partial charge in [0.1, 0.15) is 5.69 Å². The Balaban J connectivity index is 3.28. The van der Waals surface area contributed by atoms with E-state index in [1.165, 1.54) is 6.20 Å². The third kappa shape index (κ3) is 1.64. The molecule has 0 bridgehead atoms. The quantitative estimate of drug-likeness (QED) is 0.601. The van der Waals surface area contributed by atoms with E-state index in [1.807, 2.05) is 20.8 Å². The van der Waals surface area contributed by atoms with Crippen molar-refractivity contribution in [3.8, 4) is 5.88 Å². The van der Waals surface area contributed by atoms with Crippen LogP contribution in [-0.2, 0) is 5.41 Å². The smallest absolute Gasteiger partial charge is 0.269 e. The number of nitrogens with one attached hydrogen (secondary N) is 1. The SMILES string of the molecule is CC(C)(C)c1ncc(=O)[nH]c1O. The summed E-state index contributed by atoms with van der Waals surface area (Å²) in [4.78, 5) is 16.8. The van der Waals surface area contributed by atoms with Gasteiger partial charge < -0.3 is 5.11 Å². The summed E-state index contributed by atoms with van der Waals surface area (Å²) in [6, 6.07) is 0. The van der Waals surface area contributed by atoms with Crippen LogP contribution in [0.5, 0.6) is 5.88 Å².